The minimum Gasteiger partial charge on any atom is -0.341 e. The van der Waals surface area contributed by atoms with Gasteiger partial charge >= 0.3 is 0 Å². The molecule has 0 saturated carbocycles. The van der Waals surface area contributed by atoms with Crippen molar-refractivity contribution in [1.29, 1.82) is 0 Å². The lowest BCUT2D eigenvalue weighted by Gasteiger charge is -2.24. The Morgan fingerprint density at radius 2 is 2.00 bits per heavy atom. The Hall–Kier alpha value is -2.34. The SMILES string of the molecule is CN(Cc1ncccn1)C1CCN(C(=O)CCc2ccccn2)C1. The molecule has 0 spiro atoms. The smallest absolute Gasteiger partial charge is 0.223 e. The highest BCUT2D eigenvalue weighted by atomic mass is 16.2. The molecule has 1 aliphatic rings. The third kappa shape index (κ3) is 4.35. The highest BCUT2D eigenvalue weighted by Crippen LogP contribution is 2.17. The van der Waals surface area contributed by atoms with Crippen molar-refractivity contribution in [3.8, 4) is 0 Å². The van der Waals surface area contributed by atoms with E-state index in [0.717, 1.165) is 31.0 Å². The van der Waals surface area contributed by atoms with Crippen LogP contribution in [0.4, 0.5) is 0 Å². The van der Waals surface area contributed by atoms with Gasteiger partial charge in [0.1, 0.15) is 5.82 Å². The Morgan fingerprint density at radius 1 is 1.21 bits per heavy atom. The predicted molar refractivity (Wildman–Crippen MR) is 91.0 cm³/mol. The number of hydrogen-bond acceptors (Lipinski definition) is 5. The van der Waals surface area contributed by atoms with Crippen molar-refractivity contribution in [1.82, 2.24) is 24.8 Å². The normalized spacial score (nSPS) is 17.4. The number of amides is 1. The molecule has 6 nitrogen and oxygen atoms in total. The molecule has 0 N–H and O–H groups in total. The molecule has 2 aromatic rings. The summed E-state index contributed by atoms with van der Waals surface area (Å²) < 4.78 is 0. The minimum atomic E-state index is 0.215. The fraction of sp³-hybridized carbons (Fsp3) is 0.444. The van der Waals surface area contributed by atoms with Gasteiger partial charge in [0.2, 0.25) is 5.91 Å². The van der Waals surface area contributed by atoms with Crippen LogP contribution in [0.1, 0.15) is 24.4 Å². The Bertz CT molecular complexity index is 649. The monoisotopic (exact) mass is 325 g/mol. The summed E-state index contributed by atoms with van der Waals surface area (Å²) >= 11 is 0. The summed E-state index contributed by atoms with van der Waals surface area (Å²) in [4.78, 5) is 29.4. The number of nitrogens with zero attached hydrogens (tertiary/aromatic N) is 5. The van der Waals surface area contributed by atoms with Gasteiger partial charge in [-0.05, 0) is 38.1 Å². The molecule has 1 aliphatic heterocycles. The second-order valence-corrected chi connectivity index (χ2v) is 6.18. The van der Waals surface area contributed by atoms with Gasteiger partial charge in [0.25, 0.3) is 0 Å². The molecule has 1 amide bonds. The second kappa shape index (κ2) is 7.97. The Labute approximate surface area is 142 Å². The molecule has 2 aromatic heterocycles. The first-order valence-electron chi connectivity index (χ1n) is 8.36. The first-order valence-corrected chi connectivity index (χ1v) is 8.36. The lowest BCUT2D eigenvalue weighted by molar-refractivity contribution is -0.130. The number of pyridine rings is 1. The summed E-state index contributed by atoms with van der Waals surface area (Å²) in [6, 6.07) is 8.00. The van der Waals surface area contributed by atoms with Crippen molar-refractivity contribution >= 4 is 5.91 Å². The molecule has 0 bridgehead atoms. The van der Waals surface area contributed by atoms with Gasteiger partial charge < -0.3 is 4.90 Å². The zero-order valence-electron chi connectivity index (χ0n) is 14.0. The fourth-order valence-corrected chi connectivity index (χ4v) is 3.03. The third-order valence-electron chi connectivity index (χ3n) is 4.47. The highest BCUT2D eigenvalue weighted by Gasteiger charge is 2.28. The number of aromatic nitrogens is 3. The molecule has 1 saturated heterocycles. The largest absolute Gasteiger partial charge is 0.341 e. The third-order valence-corrected chi connectivity index (χ3v) is 4.47. The van der Waals surface area contributed by atoms with Crippen LogP contribution in [0.15, 0.2) is 42.9 Å². The molecule has 1 fully saturated rings. The summed E-state index contributed by atoms with van der Waals surface area (Å²) in [6.45, 7) is 2.32. The summed E-state index contributed by atoms with van der Waals surface area (Å²) in [5, 5.41) is 0. The number of likely N-dealkylation sites (tertiary alicyclic amines) is 1. The van der Waals surface area contributed by atoms with Crippen LogP contribution in [0.25, 0.3) is 0 Å². The molecule has 3 heterocycles. The predicted octanol–water partition coefficient (Wildman–Crippen LogP) is 1.54. The van der Waals surface area contributed by atoms with Crippen LogP contribution < -0.4 is 0 Å². The molecule has 3 rings (SSSR count). The molecule has 24 heavy (non-hydrogen) atoms. The van der Waals surface area contributed by atoms with E-state index >= 15 is 0 Å². The van der Waals surface area contributed by atoms with Crippen LogP contribution in [-0.4, -0.2) is 56.8 Å². The van der Waals surface area contributed by atoms with Gasteiger partial charge in [0, 0.05) is 49.8 Å². The quantitative estimate of drug-likeness (QED) is 0.806. The van der Waals surface area contributed by atoms with Crippen molar-refractivity contribution < 1.29 is 4.79 Å². The number of aryl methyl sites for hydroxylation is 1. The average molecular weight is 325 g/mol. The number of carbonyl (C=O) groups is 1. The maximum atomic E-state index is 12.4. The first kappa shape index (κ1) is 16.5. The van der Waals surface area contributed by atoms with E-state index in [-0.39, 0.29) is 5.91 Å². The van der Waals surface area contributed by atoms with E-state index in [4.69, 9.17) is 0 Å². The lowest BCUT2D eigenvalue weighted by atomic mass is 10.2. The molecule has 0 aromatic carbocycles. The number of rotatable bonds is 6. The summed E-state index contributed by atoms with van der Waals surface area (Å²) in [7, 11) is 2.07. The number of carbonyl (C=O) groups excluding carboxylic acids is 1. The number of hydrogen-bond donors (Lipinski definition) is 0. The van der Waals surface area contributed by atoms with Crippen LogP contribution in [0.3, 0.4) is 0 Å². The van der Waals surface area contributed by atoms with E-state index in [2.05, 4.69) is 26.9 Å². The van der Waals surface area contributed by atoms with Crippen LogP contribution in [0, 0.1) is 0 Å². The standard InChI is InChI=1S/C18H23N5O/c1-22(14-17-20-10-4-11-21-17)16-8-12-23(13-16)18(24)7-6-15-5-2-3-9-19-15/h2-5,9-11,16H,6-8,12-14H2,1H3. The van der Waals surface area contributed by atoms with Gasteiger partial charge in [-0.1, -0.05) is 6.07 Å². The van der Waals surface area contributed by atoms with E-state index in [1.165, 1.54) is 0 Å². The van der Waals surface area contributed by atoms with Gasteiger partial charge in [0.05, 0.1) is 6.54 Å². The second-order valence-electron chi connectivity index (χ2n) is 6.18. The highest BCUT2D eigenvalue weighted by molar-refractivity contribution is 5.76. The maximum absolute atomic E-state index is 12.4. The van der Waals surface area contributed by atoms with E-state index in [0.29, 0.717) is 25.4 Å². The van der Waals surface area contributed by atoms with E-state index in [1.807, 2.05) is 29.2 Å². The van der Waals surface area contributed by atoms with E-state index < -0.39 is 0 Å². The van der Waals surface area contributed by atoms with Crippen molar-refractivity contribution in [2.75, 3.05) is 20.1 Å². The van der Waals surface area contributed by atoms with Gasteiger partial charge in [-0.15, -0.1) is 0 Å². The zero-order chi connectivity index (χ0) is 16.8. The van der Waals surface area contributed by atoms with Gasteiger partial charge in [-0.25, -0.2) is 9.97 Å². The first-order chi connectivity index (χ1) is 11.7. The summed E-state index contributed by atoms with van der Waals surface area (Å²) in [5.41, 5.74) is 0.972. The maximum Gasteiger partial charge on any atom is 0.223 e. The Balaban J connectivity index is 1.46. The van der Waals surface area contributed by atoms with Crippen molar-refractivity contribution in [2.45, 2.75) is 31.8 Å². The van der Waals surface area contributed by atoms with Gasteiger partial charge in [-0.2, -0.15) is 0 Å². The van der Waals surface area contributed by atoms with Crippen LogP contribution >= 0.6 is 0 Å². The molecule has 1 atom stereocenters. The van der Waals surface area contributed by atoms with Crippen LogP contribution in [0.5, 0.6) is 0 Å². The van der Waals surface area contributed by atoms with Crippen LogP contribution in [-0.2, 0) is 17.8 Å². The lowest BCUT2D eigenvalue weighted by Crippen LogP contribution is -2.36. The Morgan fingerprint density at radius 3 is 2.75 bits per heavy atom. The van der Waals surface area contributed by atoms with Gasteiger partial charge in [-0.3, -0.25) is 14.7 Å². The summed E-state index contributed by atoms with van der Waals surface area (Å²) in [6.07, 6.45) is 7.52. The zero-order valence-corrected chi connectivity index (χ0v) is 14.0. The molecular formula is C18H23N5O. The van der Waals surface area contributed by atoms with Crippen molar-refractivity contribution in [3.05, 3.63) is 54.4 Å². The Kier molecular flexibility index (Phi) is 5.48. The molecule has 6 heteroatoms. The molecule has 1 unspecified atom stereocenters. The topological polar surface area (TPSA) is 62.2 Å². The fourth-order valence-electron chi connectivity index (χ4n) is 3.03. The minimum absolute atomic E-state index is 0.215. The average Bonchev–Trinajstić information content (AvgIpc) is 3.12. The molecule has 0 radical (unpaired) electrons. The molecule has 0 aliphatic carbocycles. The molecule has 126 valence electrons. The number of likely N-dealkylation sites (N-methyl/N-ethyl adjacent to an activating group) is 1. The van der Waals surface area contributed by atoms with Crippen LogP contribution in [0.2, 0.25) is 0 Å². The van der Waals surface area contributed by atoms with Gasteiger partial charge in [0.15, 0.2) is 0 Å². The summed E-state index contributed by atoms with van der Waals surface area (Å²) in [5.74, 6) is 1.03. The van der Waals surface area contributed by atoms with E-state index in [9.17, 15) is 4.79 Å². The van der Waals surface area contributed by atoms with Crippen molar-refractivity contribution in [3.63, 3.8) is 0 Å². The van der Waals surface area contributed by atoms with E-state index in [1.54, 1.807) is 18.6 Å². The molecular weight excluding hydrogens is 302 g/mol. The van der Waals surface area contributed by atoms with Crippen molar-refractivity contribution in [2.24, 2.45) is 0 Å².